The van der Waals surface area contributed by atoms with Crippen LogP contribution in [0.2, 0.25) is 0 Å². The first-order valence-electron chi connectivity index (χ1n) is 8.18. The van der Waals surface area contributed by atoms with Gasteiger partial charge in [-0.25, -0.2) is 4.98 Å². The molecule has 140 valence electrons. The molecule has 0 saturated heterocycles. The van der Waals surface area contributed by atoms with Crippen LogP contribution in [0.3, 0.4) is 0 Å². The SMILES string of the molecule is Cc1nn(C)c2nc3cc([N+](=O)[O-])ccc3c(NCCCN(C)C)c12.Cl. The number of nitro groups is 1. The Kier molecular flexibility index (Phi) is 5.99. The fraction of sp³-hybridized carbons (Fsp3) is 0.412. The van der Waals surface area contributed by atoms with Gasteiger partial charge in [0.1, 0.15) is 0 Å². The van der Waals surface area contributed by atoms with Crippen molar-refractivity contribution in [1.82, 2.24) is 19.7 Å². The van der Waals surface area contributed by atoms with Crippen molar-refractivity contribution in [2.75, 3.05) is 32.5 Å². The number of aromatic nitrogens is 3. The minimum Gasteiger partial charge on any atom is -0.384 e. The lowest BCUT2D eigenvalue weighted by molar-refractivity contribution is -0.384. The number of aryl methyl sites for hydroxylation is 2. The molecular formula is C17H23ClN6O2. The predicted molar refractivity (Wildman–Crippen MR) is 106 cm³/mol. The molecule has 1 N–H and O–H groups in total. The zero-order chi connectivity index (χ0) is 18.1. The molecule has 0 aliphatic rings. The molecule has 3 rings (SSSR count). The third-order valence-corrected chi connectivity index (χ3v) is 4.21. The monoisotopic (exact) mass is 378 g/mol. The van der Waals surface area contributed by atoms with Gasteiger partial charge < -0.3 is 10.2 Å². The summed E-state index contributed by atoms with van der Waals surface area (Å²) >= 11 is 0. The number of nitro benzene ring substituents is 1. The number of nitrogens with one attached hydrogen (secondary N) is 1. The Labute approximate surface area is 157 Å². The summed E-state index contributed by atoms with van der Waals surface area (Å²) in [5.41, 5.74) is 3.19. The maximum atomic E-state index is 11.1. The van der Waals surface area contributed by atoms with Crippen LogP contribution in [0.5, 0.6) is 0 Å². The molecular weight excluding hydrogens is 356 g/mol. The second kappa shape index (κ2) is 7.84. The van der Waals surface area contributed by atoms with E-state index in [0.29, 0.717) is 5.52 Å². The van der Waals surface area contributed by atoms with Gasteiger partial charge in [0, 0.05) is 31.1 Å². The molecule has 0 spiro atoms. The fourth-order valence-electron chi connectivity index (χ4n) is 3.05. The maximum absolute atomic E-state index is 11.1. The Balaban J connectivity index is 0.00000243. The highest BCUT2D eigenvalue weighted by Gasteiger charge is 2.17. The first kappa shape index (κ1) is 19.9. The largest absolute Gasteiger partial charge is 0.384 e. The summed E-state index contributed by atoms with van der Waals surface area (Å²) in [5.74, 6) is 0. The van der Waals surface area contributed by atoms with Gasteiger partial charge in [-0.3, -0.25) is 14.8 Å². The highest BCUT2D eigenvalue weighted by molar-refractivity contribution is 6.08. The van der Waals surface area contributed by atoms with Crippen LogP contribution in [0.4, 0.5) is 11.4 Å². The summed E-state index contributed by atoms with van der Waals surface area (Å²) in [4.78, 5) is 17.4. The Bertz CT molecular complexity index is 953. The number of hydrogen-bond acceptors (Lipinski definition) is 6. The minimum atomic E-state index is -0.399. The third kappa shape index (κ3) is 3.71. The first-order valence-corrected chi connectivity index (χ1v) is 8.18. The van der Waals surface area contributed by atoms with Gasteiger partial charge in [-0.1, -0.05) is 0 Å². The molecule has 0 fully saturated rings. The van der Waals surface area contributed by atoms with E-state index < -0.39 is 4.92 Å². The second-order valence-electron chi connectivity index (χ2n) is 6.44. The molecule has 0 amide bonds. The number of rotatable bonds is 6. The van der Waals surface area contributed by atoms with Gasteiger partial charge >= 0.3 is 0 Å². The zero-order valence-corrected chi connectivity index (χ0v) is 16.1. The van der Waals surface area contributed by atoms with Gasteiger partial charge in [0.15, 0.2) is 5.65 Å². The quantitative estimate of drug-likeness (QED) is 0.402. The number of pyridine rings is 1. The molecule has 2 aromatic heterocycles. The molecule has 0 bridgehead atoms. The second-order valence-corrected chi connectivity index (χ2v) is 6.44. The van der Waals surface area contributed by atoms with Crippen LogP contribution in [-0.4, -0.2) is 51.8 Å². The van der Waals surface area contributed by atoms with E-state index in [4.69, 9.17) is 0 Å². The summed E-state index contributed by atoms with van der Waals surface area (Å²) in [6.45, 7) is 3.74. The summed E-state index contributed by atoms with van der Waals surface area (Å²) in [5, 5.41) is 20.9. The fourth-order valence-corrected chi connectivity index (χ4v) is 3.05. The van der Waals surface area contributed by atoms with Crippen LogP contribution >= 0.6 is 12.4 Å². The summed E-state index contributed by atoms with van der Waals surface area (Å²) in [6, 6.07) is 4.80. The van der Waals surface area contributed by atoms with Gasteiger partial charge in [-0.05, 0) is 40.1 Å². The van der Waals surface area contributed by atoms with E-state index in [0.717, 1.165) is 47.3 Å². The molecule has 0 radical (unpaired) electrons. The summed E-state index contributed by atoms with van der Waals surface area (Å²) in [7, 11) is 5.93. The summed E-state index contributed by atoms with van der Waals surface area (Å²) in [6.07, 6.45) is 0.991. The van der Waals surface area contributed by atoms with Gasteiger partial charge in [0.05, 0.1) is 27.2 Å². The lowest BCUT2D eigenvalue weighted by Crippen LogP contribution is -2.16. The van der Waals surface area contributed by atoms with Gasteiger partial charge in [-0.2, -0.15) is 5.10 Å². The van der Waals surface area contributed by atoms with Gasteiger partial charge in [0.2, 0.25) is 0 Å². The van der Waals surface area contributed by atoms with Crippen LogP contribution in [0, 0.1) is 17.0 Å². The van der Waals surface area contributed by atoms with Crippen molar-refractivity contribution in [1.29, 1.82) is 0 Å². The smallest absolute Gasteiger partial charge is 0.271 e. The minimum absolute atomic E-state index is 0. The highest BCUT2D eigenvalue weighted by atomic mass is 35.5. The van der Waals surface area contributed by atoms with Crippen molar-refractivity contribution < 1.29 is 4.92 Å². The van der Waals surface area contributed by atoms with E-state index in [9.17, 15) is 10.1 Å². The molecule has 0 aliphatic heterocycles. The normalized spacial score (nSPS) is 11.1. The van der Waals surface area contributed by atoms with Crippen LogP contribution in [-0.2, 0) is 7.05 Å². The molecule has 0 atom stereocenters. The van der Waals surface area contributed by atoms with E-state index in [1.807, 2.05) is 28.1 Å². The third-order valence-electron chi connectivity index (χ3n) is 4.21. The Morgan fingerprint density at radius 2 is 2.08 bits per heavy atom. The zero-order valence-electron chi connectivity index (χ0n) is 15.3. The number of halogens is 1. The molecule has 0 unspecified atom stereocenters. The van der Waals surface area contributed by atoms with E-state index in [2.05, 4.69) is 20.3 Å². The summed E-state index contributed by atoms with van der Waals surface area (Å²) < 4.78 is 1.72. The van der Waals surface area contributed by atoms with Crippen molar-refractivity contribution in [3.63, 3.8) is 0 Å². The molecule has 26 heavy (non-hydrogen) atoms. The lowest BCUT2D eigenvalue weighted by atomic mass is 10.1. The van der Waals surface area contributed by atoms with Crippen molar-refractivity contribution >= 4 is 45.7 Å². The van der Waals surface area contributed by atoms with E-state index in [-0.39, 0.29) is 18.1 Å². The van der Waals surface area contributed by atoms with Crippen molar-refractivity contribution in [2.45, 2.75) is 13.3 Å². The molecule has 3 aromatic rings. The van der Waals surface area contributed by atoms with Crippen molar-refractivity contribution in [3.8, 4) is 0 Å². The Hall–Kier alpha value is -2.45. The number of hydrogen-bond donors (Lipinski definition) is 1. The van der Waals surface area contributed by atoms with E-state index in [1.165, 1.54) is 12.1 Å². The van der Waals surface area contributed by atoms with E-state index >= 15 is 0 Å². The number of benzene rings is 1. The molecule has 9 heteroatoms. The number of fused-ring (bicyclic) bond motifs is 2. The van der Waals surface area contributed by atoms with Gasteiger partial charge in [0.25, 0.3) is 5.69 Å². The standard InChI is InChI=1S/C17H22N6O2.ClH/c1-11-15-16(18-8-5-9-21(2)3)13-7-6-12(23(24)25)10-14(13)19-17(15)22(4)20-11;/h6-7,10H,5,8-9H2,1-4H3,(H,18,19);1H. The van der Waals surface area contributed by atoms with Crippen molar-refractivity contribution in [3.05, 3.63) is 34.0 Å². The molecule has 0 aliphatic carbocycles. The van der Waals surface area contributed by atoms with Crippen LogP contribution in [0.25, 0.3) is 21.9 Å². The van der Waals surface area contributed by atoms with Crippen LogP contribution < -0.4 is 5.32 Å². The van der Waals surface area contributed by atoms with Crippen LogP contribution in [0.15, 0.2) is 18.2 Å². The lowest BCUT2D eigenvalue weighted by Gasteiger charge is -2.13. The molecule has 1 aromatic carbocycles. The average molecular weight is 379 g/mol. The first-order chi connectivity index (χ1) is 11.9. The average Bonchev–Trinajstić information content (AvgIpc) is 2.84. The Morgan fingerprint density at radius 3 is 2.73 bits per heavy atom. The predicted octanol–water partition coefficient (Wildman–Crippen LogP) is 3.12. The number of non-ortho nitro benzene ring substituents is 1. The van der Waals surface area contributed by atoms with Gasteiger partial charge in [-0.15, -0.1) is 12.4 Å². The maximum Gasteiger partial charge on any atom is 0.271 e. The number of nitrogens with zero attached hydrogens (tertiary/aromatic N) is 5. The number of anilines is 1. The molecule has 2 heterocycles. The van der Waals surface area contributed by atoms with E-state index in [1.54, 1.807) is 10.7 Å². The highest BCUT2D eigenvalue weighted by Crippen LogP contribution is 2.34. The van der Waals surface area contributed by atoms with Crippen LogP contribution in [0.1, 0.15) is 12.1 Å². The topological polar surface area (TPSA) is 89.1 Å². The molecule has 0 saturated carbocycles. The van der Waals surface area contributed by atoms with Crippen molar-refractivity contribution in [2.24, 2.45) is 7.05 Å². The molecule has 8 nitrogen and oxygen atoms in total. The Morgan fingerprint density at radius 1 is 1.35 bits per heavy atom.